The van der Waals surface area contributed by atoms with Crippen molar-refractivity contribution in [2.75, 3.05) is 6.61 Å². The monoisotopic (exact) mass is 352 g/mol. The Labute approximate surface area is 148 Å². The van der Waals surface area contributed by atoms with E-state index in [-0.39, 0.29) is 35.7 Å². The first-order chi connectivity index (χ1) is 11.5. The first kappa shape index (κ1) is 17.5. The molecule has 0 aromatic carbocycles. The minimum Gasteiger partial charge on any atom is -0.458 e. The van der Waals surface area contributed by atoms with E-state index in [1.54, 1.807) is 13.8 Å². The summed E-state index contributed by atoms with van der Waals surface area (Å²) < 4.78 is 17.8. The molecule has 2 saturated heterocycles. The molecule has 2 spiro atoms. The third-order valence-electron chi connectivity index (χ3n) is 6.93. The summed E-state index contributed by atoms with van der Waals surface area (Å²) in [5.41, 5.74) is -1.83. The molecule has 6 heteroatoms. The van der Waals surface area contributed by atoms with Crippen LogP contribution in [0, 0.1) is 23.2 Å². The van der Waals surface area contributed by atoms with Crippen molar-refractivity contribution in [1.29, 1.82) is 0 Å². The Bertz CT molecular complexity index is 656. The van der Waals surface area contributed by atoms with Gasteiger partial charge in [0.2, 0.25) is 5.79 Å². The molecule has 2 aliphatic carbocycles. The quantitative estimate of drug-likeness (QED) is 0.444. The average molecular weight is 352 g/mol. The van der Waals surface area contributed by atoms with Crippen molar-refractivity contribution < 1.29 is 29.2 Å². The smallest absolute Gasteiger partial charge is 0.308 e. The zero-order valence-corrected chi connectivity index (χ0v) is 15.5. The first-order valence-corrected chi connectivity index (χ1v) is 9.09. The van der Waals surface area contributed by atoms with Crippen LogP contribution < -0.4 is 0 Å². The maximum atomic E-state index is 12.4. The molecule has 4 aliphatic rings. The molecule has 4 rings (SSSR count). The van der Waals surface area contributed by atoms with Crippen LogP contribution in [0.25, 0.3) is 0 Å². The highest BCUT2D eigenvalue weighted by atomic mass is 16.7. The molecule has 25 heavy (non-hydrogen) atoms. The molecule has 2 saturated carbocycles. The number of hydrogen-bond acceptors (Lipinski definition) is 6. The van der Waals surface area contributed by atoms with Gasteiger partial charge in [-0.1, -0.05) is 41.2 Å². The highest BCUT2D eigenvalue weighted by Crippen LogP contribution is 2.78. The summed E-state index contributed by atoms with van der Waals surface area (Å²) in [6.45, 7) is 13.8. The van der Waals surface area contributed by atoms with Crippen LogP contribution in [0.4, 0.5) is 0 Å². The molecule has 6 nitrogen and oxygen atoms in total. The van der Waals surface area contributed by atoms with Crippen LogP contribution in [0.1, 0.15) is 41.0 Å². The SMILES string of the molecule is C=C1COC2(O)C(O)C(C)C3CC(C)(C)C(OC(=O)C(C)C)C34OC124. The van der Waals surface area contributed by atoms with Crippen LogP contribution >= 0.6 is 0 Å². The van der Waals surface area contributed by atoms with Gasteiger partial charge in [-0.15, -0.1) is 0 Å². The molecular formula is C19H28O6. The Morgan fingerprint density at radius 2 is 2.04 bits per heavy atom. The molecular weight excluding hydrogens is 324 g/mol. The van der Waals surface area contributed by atoms with Gasteiger partial charge in [0.1, 0.15) is 17.8 Å². The van der Waals surface area contributed by atoms with Gasteiger partial charge in [0.05, 0.1) is 12.5 Å². The number of rotatable bonds is 2. The van der Waals surface area contributed by atoms with Gasteiger partial charge in [-0.25, -0.2) is 0 Å². The highest BCUT2D eigenvalue weighted by molar-refractivity contribution is 5.72. The Balaban J connectivity index is 1.84. The average Bonchev–Trinajstić information content (AvgIpc) is 3.11. The Morgan fingerprint density at radius 3 is 2.64 bits per heavy atom. The van der Waals surface area contributed by atoms with Gasteiger partial charge in [0.25, 0.3) is 0 Å². The van der Waals surface area contributed by atoms with E-state index < -0.39 is 29.2 Å². The van der Waals surface area contributed by atoms with Crippen molar-refractivity contribution in [2.45, 2.75) is 70.2 Å². The van der Waals surface area contributed by atoms with E-state index in [2.05, 4.69) is 6.58 Å². The van der Waals surface area contributed by atoms with Crippen LogP contribution in [-0.2, 0) is 19.0 Å². The number of aliphatic hydroxyl groups is 2. The maximum Gasteiger partial charge on any atom is 0.308 e. The second-order valence-electron chi connectivity index (χ2n) is 9.24. The normalized spacial score (nSPS) is 52.6. The molecule has 140 valence electrons. The van der Waals surface area contributed by atoms with Gasteiger partial charge in [-0.3, -0.25) is 4.79 Å². The summed E-state index contributed by atoms with van der Waals surface area (Å²) in [5.74, 6) is -2.70. The van der Waals surface area contributed by atoms with E-state index in [0.717, 1.165) is 6.42 Å². The number of esters is 1. The Hall–Kier alpha value is -0.950. The van der Waals surface area contributed by atoms with Crippen molar-refractivity contribution >= 4 is 5.97 Å². The predicted octanol–water partition coefficient (Wildman–Crippen LogP) is 1.39. The van der Waals surface area contributed by atoms with Gasteiger partial charge >= 0.3 is 5.97 Å². The molecule has 2 heterocycles. The van der Waals surface area contributed by atoms with E-state index in [1.165, 1.54) is 0 Å². The Morgan fingerprint density at radius 1 is 1.40 bits per heavy atom. The number of aliphatic hydroxyl groups excluding tert-OH is 1. The molecule has 7 unspecified atom stereocenters. The third-order valence-corrected chi connectivity index (χ3v) is 6.93. The van der Waals surface area contributed by atoms with Gasteiger partial charge in [0.15, 0.2) is 5.60 Å². The summed E-state index contributed by atoms with van der Waals surface area (Å²) in [7, 11) is 0. The van der Waals surface area contributed by atoms with Crippen molar-refractivity contribution in [3.63, 3.8) is 0 Å². The first-order valence-electron chi connectivity index (χ1n) is 9.09. The van der Waals surface area contributed by atoms with Gasteiger partial charge in [-0.05, 0) is 17.9 Å². The number of hydrogen-bond donors (Lipinski definition) is 2. The molecule has 0 radical (unpaired) electrons. The van der Waals surface area contributed by atoms with E-state index in [9.17, 15) is 15.0 Å². The lowest BCUT2D eigenvalue weighted by Crippen LogP contribution is -2.66. The van der Waals surface area contributed by atoms with E-state index in [0.29, 0.717) is 5.57 Å². The summed E-state index contributed by atoms with van der Waals surface area (Å²) in [5, 5.41) is 22.0. The zero-order chi connectivity index (χ0) is 18.6. The van der Waals surface area contributed by atoms with Crippen LogP contribution in [0.2, 0.25) is 0 Å². The lowest BCUT2D eigenvalue weighted by Gasteiger charge is -2.44. The topological polar surface area (TPSA) is 88.5 Å². The van der Waals surface area contributed by atoms with Crippen molar-refractivity contribution in [3.05, 3.63) is 12.2 Å². The minimum atomic E-state index is -1.84. The van der Waals surface area contributed by atoms with Gasteiger partial charge in [0, 0.05) is 11.3 Å². The van der Waals surface area contributed by atoms with E-state index in [1.807, 2.05) is 20.8 Å². The third kappa shape index (κ3) is 1.68. The van der Waals surface area contributed by atoms with Crippen molar-refractivity contribution in [2.24, 2.45) is 23.2 Å². The fourth-order valence-corrected chi connectivity index (χ4v) is 5.70. The largest absolute Gasteiger partial charge is 0.458 e. The lowest BCUT2D eigenvalue weighted by molar-refractivity contribution is -0.277. The second-order valence-corrected chi connectivity index (χ2v) is 9.24. The number of carbonyl (C=O) groups excluding carboxylic acids is 1. The fourth-order valence-electron chi connectivity index (χ4n) is 5.70. The van der Waals surface area contributed by atoms with Crippen molar-refractivity contribution in [3.8, 4) is 0 Å². The van der Waals surface area contributed by atoms with Gasteiger partial charge in [-0.2, -0.15) is 0 Å². The Kier molecular flexibility index (Phi) is 3.25. The molecule has 7 atom stereocenters. The molecule has 0 aromatic heterocycles. The second kappa shape index (κ2) is 4.66. The summed E-state index contributed by atoms with van der Waals surface area (Å²) in [6.07, 6.45) is -0.880. The molecule has 2 N–H and O–H groups in total. The standard InChI is InChI=1S/C19H28O6/c1-9(2)14(21)24-15-16(5,6)7-12-11(4)13(20)19(22)18(10(3)8-23-19)17(12,15)25-18/h9,11-13,15,20,22H,3,7-8H2,1-2,4-6H3. The summed E-state index contributed by atoms with van der Waals surface area (Å²) in [4.78, 5) is 12.4. The van der Waals surface area contributed by atoms with Crippen LogP contribution in [0.3, 0.4) is 0 Å². The van der Waals surface area contributed by atoms with E-state index in [4.69, 9.17) is 14.2 Å². The zero-order valence-electron chi connectivity index (χ0n) is 15.5. The predicted molar refractivity (Wildman–Crippen MR) is 88.4 cm³/mol. The molecule has 2 aliphatic heterocycles. The van der Waals surface area contributed by atoms with Crippen LogP contribution in [0.15, 0.2) is 12.2 Å². The van der Waals surface area contributed by atoms with Gasteiger partial charge < -0.3 is 24.4 Å². The lowest BCUT2D eigenvalue weighted by atomic mass is 9.62. The number of epoxide rings is 1. The summed E-state index contributed by atoms with van der Waals surface area (Å²) in [6, 6.07) is 0. The fraction of sp³-hybridized carbons (Fsp3) is 0.842. The highest BCUT2D eigenvalue weighted by Gasteiger charge is 2.95. The summed E-state index contributed by atoms with van der Waals surface area (Å²) >= 11 is 0. The van der Waals surface area contributed by atoms with Crippen molar-refractivity contribution in [1.82, 2.24) is 0 Å². The molecule has 0 aromatic rings. The van der Waals surface area contributed by atoms with E-state index >= 15 is 0 Å². The van der Waals surface area contributed by atoms with Crippen LogP contribution in [-0.4, -0.2) is 52.0 Å². The molecule has 0 amide bonds. The number of carbonyl (C=O) groups is 1. The maximum absolute atomic E-state index is 12.4. The minimum absolute atomic E-state index is 0.0545. The molecule has 4 fully saturated rings. The molecule has 0 bridgehead atoms. The number of ether oxygens (including phenoxy) is 3. The van der Waals surface area contributed by atoms with Crippen LogP contribution in [0.5, 0.6) is 0 Å².